The number of esters is 1. The van der Waals surface area contributed by atoms with E-state index < -0.39 is 13.0 Å². The molecule has 18 heavy (non-hydrogen) atoms. The number of hydrogen-bond donors (Lipinski definition) is 0. The Labute approximate surface area is 106 Å². The van der Waals surface area contributed by atoms with Gasteiger partial charge in [-0.15, -0.1) is 0 Å². The predicted molar refractivity (Wildman–Crippen MR) is 67.7 cm³/mol. The number of para-hydroxylation sites is 1. The first-order chi connectivity index (χ1) is 8.67. The van der Waals surface area contributed by atoms with E-state index in [1.54, 1.807) is 19.1 Å². The highest BCUT2D eigenvalue weighted by Crippen LogP contribution is 2.35. The first kappa shape index (κ1) is 12.6. The average molecular weight is 247 g/mol. The van der Waals surface area contributed by atoms with Crippen molar-refractivity contribution in [1.82, 2.24) is 0 Å². The minimum absolute atomic E-state index is 0.00689. The van der Waals surface area contributed by atoms with Crippen LogP contribution >= 0.6 is 0 Å². The van der Waals surface area contributed by atoms with Gasteiger partial charge < -0.3 is 9.39 Å². The number of ether oxygens (including phenoxy) is 1. The van der Waals surface area contributed by atoms with Gasteiger partial charge in [0.1, 0.15) is 11.3 Å². The summed E-state index contributed by atoms with van der Waals surface area (Å²) >= 11 is 0. The smallest absolute Gasteiger partial charge is 0.537 e. The maximum absolute atomic E-state index is 11.8. The summed E-state index contributed by atoms with van der Waals surface area (Å²) in [5.41, 5.74) is 1.27. The molecule has 0 radical (unpaired) electrons. The van der Waals surface area contributed by atoms with Crippen molar-refractivity contribution in [2.24, 2.45) is 5.09 Å². The fraction of sp³-hybridized carbons (Fsp3) is 0.417. The Morgan fingerprint density at radius 1 is 1.61 bits per heavy atom. The molecule has 1 aromatic rings. The molecule has 0 fully saturated rings. The Balaban J connectivity index is 2.38. The van der Waals surface area contributed by atoms with E-state index in [2.05, 4.69) is 5.09 Å². The highest BCUT2D eigenvalue weighted by molar-refractivity contribution is 6.52. The highest BCUT2D eigenvalue weighted by Gasteiger charge is 2.36. The zero-order valence-corrected chi connectivity index (χ0v) is 10.4. The molecule has 6 heteroatoms. The molecule has 1 aromatic carbocycles. The van der Waals surface area contributed by atoms with Crippen LogP contribution in [0.3, 0.4) is 0 Å². The minimum atomic E-state index is -0.743. The molecule has 5 nitrogen and oxygen atoms in total. The lowest BCUT2D eigenvalue weighted by atomic mass is 9.64. The Morgan fingerprint density at radius 3 is 3.06 bits per heavy atom. The van der Waals surface area contributed by atoms with E-state index in [9.17, 15) is 9.70 Å². The molecule has 1 atom stereocenters. The normalized spacial score (nSPS) is 17.7. The van der Waals surface area contributed by atoms with Gasteiger partial charge >= 0.3 is 13.0 Å². The van der Waals surface area contributed by atoms with E-state index in [4.69, 9.17) is 9.39 Å². The lowest BCUT2D eigenvalue weighted by Gasteiger charge is -2.25. The van der Waals surface area contributed by atoms with Gasteiger partial charge in [0.15, 0.2) is 0 Å². The first-order valence-electron chi connectivity index (χ1n) is 5.95. The van der Waals surface area contributed by atoms with Crippen LogP contribution in [0.5, 0.6) is 5.75 Å². The van der Waals surface area contributed by atoms with Crippen molar-refractivity contribution < 1.29 is 14.2 Å². The zero-order chi connectivity index (χ0) is 13.1. The third kappa shape index (κ3) is 2.23. The summed E-state index contributed by atoms with van der Waals surface area (Å²) in [6, 6.07) is 5.31. The second-order valence-corrected chi connectivity index (χ2v) is 4.31. The van der Waals surface area contributed by atoms with Crippen LogP contribution in [-0.2, 0) is 11.2 Å². The summed E-state index contributed by atoms with van der Waals surface area (Å²) in [6.45, 7) is 3.94. The highest BCUT2D eigenvalue weighted by atomic mass is 16.5. The second kappa shape index (κ2) is 5.20. The monoisotopic (exact) mass is 247 g/mol. The molecule has 1 heterocycles. The van der Waals surface area contributed by atoms with Crippen LogP contribution in [0.1, 0.15) is 29.8 Å². The van der Waals surface area contributed by atoms with Gasteiger partial charge in [-0.05, 0) is 25.0 Å². The van der Waals surface area contributed by atoms with E-state index in [1.165, 1.54) is 0 Å². The number of benzene rings is 1. The molecule has 1 aliphatic rings. The molecule has 0 aromatic heterocycles. The number of carbonyl (C=O) groups excluding carboxylic acids is 1. The van der Waals surface area contributed by atoms with Crippen molar-refractivity contribution in [3.8, 4) is 5.75 Å². The molecule has 0 saturated carbocycles. The third-order valence-electron chi connectivity index (χ3n) is 2.96. The van der Waals surface area contributed by atoms with Crippen molar-refractivity contribution in [1.29, 1.82) is 0 Å². The SMILES string of the molecule is CCOC(=O)c1cccc2c1OB(N=O)C(C)C2. The molecule has 0 N–H and O–H groups in total. The van der Waals surface area contributed by atoms with Crippen LogP contribution in [0.25, 0.3) is 0 Å². The standard InChI is InChI=1S/C12H14BNO4/c1-3-17-12(15)10-6-4-5-9-7-8(2)13(14-16)18-11(9)10/h4-6,8H,3,7H2,1-2H3. The minimum Gasteiger partial charge on any atom is -0.537 e. The van der Waals surface area contributed by atoms with Crippen molar-refractivity contribution in [2.45, 2.75) is 26.1 Å². The zero-order valence-electron chi connectivity index (χ0n) is 10.4. The average Bonchev–Trinajstić information content (AvgIpc) is 2.37. The molecule has 1 unspecified atom stereocenters. The Morgan fingerprint density at radius 2 is 2.39 bits per heavy atom. The topological polar surface area (TPSA) is 65.0 Å². The maximum Gasteiger partial charge on any atom is 0.550 e. The van der Waals surface area contributed by atoms with Gasteiger partial charge in [-0.2, -0.15) is 4.91 Å². The largest absolute Gasteiger partial charge is 0.550 e. The number of hydrogen-bond acceptors (Lipinski definition) is 5. The van der Waals surface area contributed by atoms with Crippen molar-refractivity contribution in [3.05, 3.63) is 34.2 Å². The summed E-state index contributed by atoms with van der Waals surface area (Å²) in [5, 5.41) is 2.95. The Bertz CT molecular complexity index is 477. The molecule has 0 amide bonds. The molecule has 0 aliphatic carbocycles. The van der Waals surface area contributed by atoms with E-state index in [0.717, 1.165) is 5.56 Å². The van der Waals surface area contributed by atoms with Crippen molar-refractivity contribution in [3.63, 3.8) is 0 Å². The second-order valence-electron chi connectivity index (χ2n) is 4.31. The predicted octanol–water partition coefficient (Wildman–Crippen LogP) is 2.44. The molecule has 1 aliphatic heterocycles. The molecular weight excluding hydrogens is 233 g/mol. The van der Waals surface area contributed by atoms with Gasteiger partial charge in [0, 0.05) is 5.82 Å². The molecule has 2 rings (SSSR count). The summed E-state index contributed by atoms with van der Waals surface area (Å²) in [4.78, 5) is 22.5. The van der Waals surface area contributed by atoms with E-state index in [1.807, 2.05) is 13.0 Å². The Hall–Kier alpha value is -1.85. The summed E-state index contributed by atoms with van der Waals surface area (Å²) < 4.78 is 10.5. The number of carbonyl (C=O) groups is 1. The lowest BCUT2D eigenvalue weighted by molar-refractivity contribution is 0.0524. The summed E-state index contributed by atoms with van der Waals surface area (Å²) in [5.74, 6) is -0.000326. The van der Waals surface area contributed by atoms with Crippen LogP contribution in [-0.4, -0.2) is 19.6 Å². The molecule has 0 bridgehead atoms. The van der Waals surface area contributed by atoms with Crippen LogP contribution in [0, 0.1) is 4.91 Å². The van der Waals surface area contributed by atoms with Gasteiger partial charge in [0.25, 0.3) is 0 Å². The van der Waals surface area contributed by atoms with Gasteiger partial charge in [0.2, 0.25) is 0 Å². The maximum atomic E-state index is 11.8. The van der Waals surface area contributed by atoms with E-state index >= 15 is 0 Å². The summed E-state index contributed by atoms with van der Waals surface area (Å²) in [7, 11) is -0.743. The number of nitrogens with zero attached hydrogens (tertiary/aromatic N) is 1. The fourth-order valence-corrected chi connectivity index (χ4v) is 2.06. The summed E-state index contributed by atoms with van der Waals surface area (Å²) in [6.07, 6.45) is 0.666. The van der Waals surface area contributed by atoms with Gasteiger partial charge in [0.05, 0.1) is 6.61 Å². The molecule has 0 spiro atoms. The molecular formula is C12H14BNO4. The van der Waals surface area contributed by atoms with Gasteiger partial charge in [-0.25, -0.2) is 4.79 Å². The van der Waals surface area contributed by atoms with Crippen LogP contribution in [0.4, 0.5) is 0 Å². The van der Waals surface area contributed by atoms with Gasteiger partial charge in [-0.1, -0.05) is 24.1 Å². The lowest BCUT2D eigenvalue weighted by Crippen LogP contribution is -2.31. The molecule has 94 valence electrons. The van der Waals surface area contributed by atoms with E-state index in [0.29, 0.717) is 24.3 Å². The third-order valence-corrected chi connectivity index (χ3v) is 2.96. The van der Waals surface area contributed by atoms with E-state index in [-0.39, 0.29) is 5.82 Å². The van der Waals surface area contributed by atoms with Gasteiger partial charge in [-0.3, -0.25) is 0 Å². The first-order valence-corrected chi connectivity index (χ1v) is 5.95. The van der Waals surface area contributed by atoms with Crippen molar-refractivity contribution in [2.75, 3.05) is 6.61 Å². The number of rotatable bonds is 3. The Kier molecular flexibility index (Phi) is 3.65. The number of nitroso groups, excluding NO2 is 1. The molecule has 0 saturated heterocycles. The van der Waals surface area contributed by atoms with Crippen LogP contribution in [0.2, 0.25) is 5.82 Å². The van der Waals surface area contributed by atoms with Crippen LogP contribution < -0.4 is 4.65 Å². The number of fused-ring (bicyclic) bond motifs is 1. The van der Waals surface area contributed by atoms with Crippen molar-refractivity contribution >= 4 is 13.0 Å². The van der Waals surface area contributed by atoms with Crippen LogP contribution in [0.15, 0.2) is 23.3 Å². The quantitative estimate of drug-likeness (QED) is 0.467. The fourth-order valence-electron chi connectivity index (χ4n) is 2.06.